The zero-order chi connectivity index (χ0) is 20.8. The molecule has 2 rings (SSSR count). The van der Waals surface area contributed by atoms with Gasteiger partial charge in [0.05, 0.1) is 5.75 Å². The fourth-order valence-electron chi connectivity index (χ4n) is 2.67. The van der Waals surface area contributed by atoms with E-state index in [1.165, 1.54) is 19.1 Å². The van der Waals surface area contributed by atoms with Crippen LogP contribution in [0.2, 0.25) is 0 Å². The Kier molecular flexibility index (Phi) is 5.02. The van der Waals surface area contributed by atoms with Crippen molar-refractivity contribution in [2.24, 2.45) is 4.99 Å². The van der Waals surface area contributed by atoms with Crippen molar-refractivity contribution >= 4 is 27.5 Å². The number of ether oxygens (including phenoxy) is 1. The topological polar surface area (TPSA) is 111 Å². The van der Waals surface area contributed by atoms with Gasteiger partial charge in [-0.25, -0.2) is 22.0 Å². The van der Waals surface area contributed by atoms with E-state index in [1.807, 2.05) is 0 Å². The Morgan fingerprint density at radius 3 is 2.48 bits per heavy atom. The van der Waals surface area contributed by atoms with Crippen LogP contribution >= 0.6 is 0 Å². The van der Waals surface area contributed by atoms with Crippen molar-refractivity contribution in [2.75, 3.05) is 11.5 Å². The lowest BCUT2D eigenvalue weighted by atomic mass is 9.93. The van der Waals surface area contributed by atoms with Gasteiger partial charge in [0.25, 0.3) is 5.00 Å². The molecule has 0 saturated heterocycles. The number of nitrogens with two attached hydrogens (primary N) is 1. The molecule has 0 bridgehead atoms. The van der Waals surface area contributed by atoms with Crippen molar-refractivity contribution in [3.05, 3.63) is 29.6 Å². The molecule has 1 aromatic carbocycles. The zero-order valence-corrected chi connectivity index (χ0v) is 16.6. The van der Waals surface area contributed by atoms with Crippen LogP contribution in [0.15, 0.2) is 23.2 Å². The maximum atomic E-state index is 15.0. The van der Waals surface area contributed by atoms with Crippen LogP contribution in [0.25, 0.3) is 0 Å². The minimum atomic E-state index is -4.46. The minimum Gasteiger partial charge on any atom is -0.444 e. The number of nitrogen functional groups attached to an aromatic ring is 1. The molecule has 1 aliphatic heterocycles. The molecule has 3 N–H and O–H groups in total. The highest BCUT2D eigenvalue weighted by molar-refractivity contribution is 7.93. The third-order valence-corrected chi connectivity index (χ3v) is 6.33. The van der Waals surface area contributed by atoms with Crippen LogP contribution in [-0.2, 0) is 20.1 Å². The minimum absolute atomic E-state index is 0.120. The quantitative estimate of drug-likeness (QED) is 0.701. The Hall–Kier alpha value is -2.23. The molecular formula is C17H23F2N3O4S. The first kappa shape index (κ1) is 21.1. The summed E-state index contributed by atoms with van der Waals surface area (Å²) in [7, 11) is -4.46. The Labute approximate surface area is 156 Å². The van der Waals surface area contributed by atoms with Crippen LogP contribution in [0.4, 0.5) is 19.3 Å². The first-order valence-electron chi connectivity index (χ1n) is 8.14. The van der Waals surface area contributed by atoms with Gasteiger partial charge in [-0.3, -0.25) is 10.3 Å². The molecule has 0 aromatic heterocycles. The maximum absolute atomic E-state index is 15.0. The number of amides is 1. The van der Waals surface area contributed by atoms with Gasteiger partial charge < -0.3 is 10.5 Å². The summed E-state index contributed by atoms with van der Waals surface area (Å²) in [6.45, 7) is 6.87. The summed E-state index contributed by atoms with van der Waals surface area (Å²) in [4.78, 5) is 16.1. The number of nitrogens with one attached hydrogen (secondary N) is 1. The predicted octanol–water partition coefficient (Wildman–Crippen LogP) is 2.66. The van der Waals surface area contributed by atoms with E-state index < -0.39 is 49.5 Å². The smallest absolute Gasteiger partial charge is 0.413 e. The number of carbonyl (C=O) groups excluding carboxylic acids is 1. The van der Waals surface area contributed by atoms with Crippen LogP contribution in [-0.4, -0.2) is 36.7 Å². The lowest BCUT2D eigenvalue weighted by Crippen LogP contribution is -2.57. The van der Waals surface area contributed by atoms with E-state index >= 15 is 4.39 Å². The van der Waals surface area contributed by atoms with Gasteiger partial charge in [0.2, 0.25) is 0 Å². The average molecular weight is 403 g/mol. The van der Waals surface area contributed by atoms with Gasteiger partial charge in [0.1, 0.15) is 17.0 Å². The molecule has 27 heavy (non-hydrogen) atoms. The standard InChI is InChI=1S/C17H23F2N3O4S/c1-15(2,3)26-14(23)21-13-17(5,19)27(24,25)9-16(4,22-13)11-8-10(20)6-7-12(11)18/h6-8H,9,20H2,1-5H3,(H,21,22,23)/t16-,17-/m0/s1. The largest absolute Gasteiger partial charge is 0.444 e. The Bertz CT molecular complexity index is 907. The van der Waals surface area contributed by atoms with Crippen molar-refractivity contribution in [2.45, 2.75) is 50.8 Å². The molecule has 1 amide bonds. The van der Waals surface area contributed by atoms with E-state index in [1.54, 1.807) is 20.8 Å². The molecule has 1 aliphatic rings. The second kappa shape index (κ2) is 6.43. The van der Waals surface area contributed by atoms with Crippen molar-refractivity contribution < 1.29 is 26.7 Å². The monoisotopic (exact) mass is 403 g/mol. The van der Waals surface area contributed by atoms with Crippen LogP contribution in [0.1, 0.15) is 40.2 Å². The van der Waals surface area contributed by atoms with Crippen LogP contribution in [0.3, 0.4) is 0 Å². The van der Waals surface area contributed by atoms with Gasteiger partial charge in [0, 0.05) is 11.3 Å². The first-order valence-corrected chi connectivity index (χ1v) is 9.80. The van der Waals surface area contributed by atoms with E-state index in [0.717, 1.165) is 13.0 Å². The highest BCUT2D eigenvalue weighted by Gasteiger charge is 2.54. The molecule has 0 radical (unpaired) electrons. The molecule has 7 nitrogen and oxygen atoms in total. The lowest BCUT2D eigenvalue weighted by Gasteiger charge is -2.37. The van der Waals surface area contributed by atoms with Crippen LogP contribution < -0.4 is 11.1 Å². The van der Waals surface area contributed by atoms with E-state index in [-0.39, 0.29) is 11.3 Å². The molecule has 150 valence electrons. The second-order valence-electron chi connectivity index (χ2n) is 7.78. The van der Waals surface area contributed by atoms with E-state index in [0.29, 0.717) is 0 Å². The number of hydrogen-bond donors (Lipinski definition) is 2. The lowest BCUT2D eigenvalue weighted by molar-refractivity contribution is 0.0557. The number of sulfone groups is 1. The average Bonchev–Trinajstić information content (AvgIpc) is 2.45. The highest BCUT2D eigenvalue weighted by atomic mass is 32.2. The zero-order valence-electron chi connectivity index (χ0n) is 15.8. The number of rotatable bonds is 1. The number of halogens is 2. The molecule has 0 spiro atoms. The van der Waals surface area contributed by atoms with E-state index in [9.17, 15) is 17.6 Å². The molecule has 0 unspecified atom stereocenters. The van der Waals surface area contributed by atoms with E-state index in [2.05, 4.69) is 10.3 Å². The SMILES string of the molecule is CC(C)(C)OC(=O)NC1=N[C@](C)(c2cc(N)ccc2F)CS(=O)(=O)[C@]1(C)F. The number of hydrogen-bond acceptors (Lipinski definition) is 6. The van der Waals surface area contributed by atoms with Gasteiger partial charge in [-0.15, -0.1) is 0 Å². The molecule has 2 atom stereocenters. The predicted molar refractivity (Wildman–Crippen MR) is 98.3 cm³/mol. The number of anilines is 1. The number of nitrogens with zero attached hydrogens (tertiary/aromatic N) is 1. The molecular weight excluding hydrogens is 380 g/mol. The van der Waals surface area contributed by atoms with Gasteiger partial charge in [-0.05, 0) is 52.8 Å². The van der Waals surface area contributed by atoms with Crippen LogP contribution in [0, 0.1) is 5.82 Å². The fraction of sp³-hybridized carbons (Fsp3) is 0.529. The molecule has 1 heterocycles. The van der Waals surface area contributed by atoms with Crippen molar-refractivity contribution in [3.8, 4) is 0 Å². The van der Waals surface area contributed by atoms with Gasteiger partial charge in [0.15, 0.2) is 15.7 Å². The third-order valence-electron chi connectivity index (χ3n) is 4.03. The van der Waals surface area contributed by atoms with Crippen LogP contribution in [0.5, 0.6) is 0 Å². The van der Waals surface area contributed by atoms with Crippen molar-refractivity contribution in [1.82, 2.24) is 5.32 Å². The van der Waals surface area contributed by atoms with E-state index in [4.69, 9.17) is 10.5 Å². The Morgan fingerprint density at radius 2 is 1.93 bits per heavy atom. The Morgan fingerprint density at radius 1 is 1.33 bits per heavy atom. The number of alkyl carbamates (subject to hydrolysis) is 1. The summed E-state index contributed by atoms with van der Waals surface area (Å²) in [5, 5.41) is -0.911. The molecule has 10 heteroatoms. The molecule has 0 fully saturated rings. The summed E-state index contributed by atoms with van der Waals surface area (Å²) >= 11 is 0. The third kappa shape index (κ3) is 4.20. The fourth-order valence-corrected chi connectivity index (χ4v) is 4.29. The summed E-state index contributed by atoms with van der Waals surface area (Å²) in [6.07, 6.45) is -1.07. The summed E-state index contributed by atoms with van der Waals surface area (Å²) in [5.41, 5.74) is 3.16. The number of aliphatic imine (C=N–C) groups is 1. The number of benzene rings is 1. The van der Waals surface area contributed by atoms with Crippen molar-refractivity contribution in [3.63, 3.8) is 0 Å². The maximum Gasteiger partial charge on any atom is 0.413 e. The molecule has 0 saturated carbocycles. The normalized spacial score (nSPS) is 27.6. The summed E-state index contributed by atoms with van der Waals surface area (Å²) in [5.74, 6) is -2.32. The number of carbonyl (C=O) groups is 1. The van der Waals surface area contributed by atoms with Gasteiger partial charge in [-0.2, -0.15) is 0 Å². The first-order chi connectivity index (χ1) is 12.1. The molecule has 0 aliphatic carbocycles. The van der Waals surface area contributed by atoms with Crippen molar-refractivity contribution in [1.29, 1.82) is 0 Å². The number of amidine groups is 1. The summed E-state index contributed by atoms with van der Waals surface area (Å²) < 4.78 is 59.5. The molecule has 1 aromatic rings. The summed E-state index contributed by atoms with van der Waals surface area (Å²) in [6, 6.07) is 3.62. The highest BCUT2D eigenvalue weighted by Crippen LogP contribution is 2.39. The second-order valence-corrected chi connectivity index (χ2v) is 10.1. The van der Waals surface area contributed by atoms with Gasteiger partial charge >= 0.3 is 6.09 Å². The number of alkyl halides is 1. The van der Waals surface area contributed by atoms with Gasteiger partial charge in [-0.1, -0.05) is 0 Å². The Balaban J connectivity index is 2.57.